The van der Waals surface area contributed by atoms with Crippen LogP contribution in [0.15, 0.2) is 0 Å². The summed E-state index contributed by atoms with van der Waals surface area (Å²) in [4.78, 5) is 12.5. The maximum atomic E-state index is 12.5. The van der Waals surface area contributed by atoms with Gasteiger partial charge in [-0.1, -0.05) is 52.4 Å². The predicted molar refractivity (Wildman–Crippen MR) is 81.4 cm³/mol. The van der Waals surface area contributed by atoms with Crippen LogP contribution in [-0.2, 0) is 4.79 Å². The number of aliphatic hydroxyl groups is 1. The maximum Gasteiger partial charge on any atom is 0.223 e. The van der Waals surface area contributed by atoms with Crippen molar-refractivity contribution in [2.45, 2.75) is 83.7 Å². The fourth-order valence-electron chi connectivity index (χ4n) is 3.92. The van der Waals surface area contributed by atoms with E-state index in [0.717, 1.165) is 44.9 Å². The number of hydrogen-bond acceptors (Lipinski definition) is 2. The zero-order valence-electron chi connectivity index (χ0n) is 13.2. The molecule has 2 saturated carbocycles. The highest BCUT2D eigenvalue weighted by atomic mass is 16.3. The van der Waals surface area contributed by atoms with E-state index in [0.29, 0.717) is 6.54 Å². The summed E-state index contributed by atoms with van der Waals surface area (Å²) in [6, 6.07) is 0. The third kappa shape index (κ3) is 3.97. The predicted octanol–water partition coefficient (Wildman–Crippen LogP) is 3.40. The van der Waals surface area contributed by atoms with Crippen LogP contribution >= 0.6 is 0 Å². The van der Waals surface area contributed by atoms with Crippen LogP contribution in [0, 0.1) is 11.3 Å². The standard InChI is InChI=1S/C17H31NO2/c1-16(2)10-8-5-9-14(16)15(19)18-13-17(20)11-6-3-4-7-12-17/h14,20H,3-13H2,1-2H3,(H,18,19). The van der Waals surface area contributed by atoms with E-state index in [-0.39, 0.29) is 17.2 Å². The molecule has 2 rings (SSSR count). The van der Waals surface area contributed by atoms with Crippen LogP contribution in [0.2, 0.25) is 0 Å². The van der Waals surface area contributed by atoms with Crippen LogP contribution in [0.5, 0.6) is 0 Å². The van der Waals surface area contributed by atoms with E-state index in [2.05, 4.69) is 19.2 Å². The van der Waals surface area contributed by atoms with Gasteiger partial charge in [-0.25, -0.2) is 0 Å². The van der Waals surface area contributed by atoms with Crippen molar-refractivity contribution >= 4 is 5.91 Å². The zero-order valence-corrected chi connectivity index (χ0v) is 13.2. The minimum absolute atomic E-state index is 0.106. The Morgan fingerprint density at radius 3 is 2.25 bits per heavy atom. The normalized spacial score (nSPS) is 29.4. The number of amides is 1. The third-order valence-electron chi connectivity index (χ3n) is 5.45. The van der Waals surface area contributed by atoms with Gasteiger partial charge in [-0.15, -0.1) is 0 Å². The molecule has 1 atom stereocenters. The topological polar surface area (TPSA) is 49.3 Å². The number of carbonyl (C=O) groups is 1. The van der Waals surface area contributed by atoms with E-state index < -0.39 is 5.60 Å². The van der Waals surface area contributed by atoms with Gasteiger partial charge in [0.15, 0.2) is 0 Å². The number of nitrogens with one attached hydrogen (secondary N) is 1. The summed E-state index contributed by atoms with van der Waals surface area (Å²) in [7, 11) is 0. The van der Waals surface area contributed by atoms with Crippen LogP contribution in [0.1, 0.15) is 78.1 Å². The quantitative estimate of drug-likeness (QED) is 0.779. The van der Waals surface area contributed by atoms with Gasteiger partial charge in [0.1, 0.15) is 0 Å². The lowest BCUT2D eigenvalue weighted by Gasteiger charge is -2.38. The second-order valence-corrected chi connectivity index (χ2v) is 7.64. The molecule has 1 unspecified atom stereocenters. The highest BCUT2D eigenvalue weighted by Crippen LogP contribution is 2.40. The fraction of sp³-hybridized carbons (Fsp3) is 0.941. The molecular formula is C17H31NO2. The molecule has 0 aromatic carbocycles. The molecule has 0 aromatic heterocycles. The highest BCUT2D eigenvalue weighted by molar-refractivity contribution is 5.79. The van der Waals surface area contributed by atoms with Crippen LogP contribution in [-0.4, -0.2) is 23.2 Å². The molecule has 0 radical (unpaired) electrons. The molecule has 1 amide bonds. The summed E-state index contributed by atoms with van der Waals surface area (Å²) >= 11 is 0. The molecule has 2 N–H and O–H groups in total. The van der Waals surface area contributed by atoms with Gasteiger partial charge < -0.3 is 10.4 Å². The molecule has 3 heteroatoms. The number of carbonyl (C=O) groups excluding carboxylic acids is 1. The monoisotopic (exact) mass is 281 g/mol. The average molecular weight is 281 g/mol. The highest BCUT2D eigenvalue weighted by Gasteiger charge is 2.38. The Balaban J connectivity index is 1.87. The SMILES string of the molecule is CC1(C)CCCCC1C(=O)NCC1(O)CCCCCC1. The van der Waals surface area contributed by atoms with Crippen molar-refractivity contribution in [1.29, 1.82) is 0 Å². The van der Waals surface area contributed by atoms with E-state index in [1.165, 1.54) is 19.3 Å². The molecule has 2 aliphatic rings. The second-order valence-electron chi connectivity index (χ2n) is 7.64. The van der Waals surface area contributed by atoms with E-state index in [9.17, 15) is 9.90 Å². The van der Waals surface area contributed by atoms with Crippen molar-refractivity contribution in [3.8, 4) is 0 Å². The Bertz CT molecular complexity index is 330. The van der Waals surface area contributed by atoms with Crippen molar-refractivity contribution < 1.29 is 9.90 Å². The summed E-state index contributed by atoms with van der Waals surface area (Å²) in [5.41, 5.74) is -0.556. The second kappa shape index (κ2) is 6.46. The van der Waals surface area contributed by atoms with Crippen molar-refractivity contribution in [2.24, 2.45) is 11.3 Å². The van der Waals surface area contributed by atoms with E-state index in [4.69, 9.17) is 0 Å². The third-order valence-corrected chi connectivity index (χ3v) is 5.45. The van der Waals surface area contributed by atoms with Gasteiger partial charge in [-0.05, 0) is 31.1 Å². The summed E-state index contributed by atoms with van der Waals surface area (Å²) in [6.45, 7) is 4.85. The van der Waals surface area contributed by atoms with Crippen molar-refractivity contribution in [2.75, 3.05) is 6.54 Å². The first kappa shape index (κ1) is 15.8. The molecule has 116 valence electrons. The van der Waals surface area contributed by atoms with Gasteiger partial charge in [0, 0.05) is 12.5 Å². The first-order chi connectivity index (χ1) is 9.43. The lowest BCUT2D eigenvalue weighted by atomic mass is 9.68. The van der Waals surface area contributed by atoms with Crippen molar-refractivity contribution in [1.82, 2.24) is 5.32 Å². The zero-order chi connectivity index (χ0) is 14.6. The van der Waals surface area contributed by atoms with E-state index in [1.54, 1.807) is 0 Å². The molecule has 0 spiro atoms. The summed E-state index contributed by atoms with van der Waals surface area (Å²) in [5.74, 6) is 0.276. The molecule has 2 aliphatic carbocycles. The minimum atomic E-state index is -0.662. The Hall–Kier alpha value is -0.570. The lowest BCUT2D eigenvalue weighted by molar-refractivity contribution is -0.131. The van der Waals surface area contributed by atoms with Gasteiger partial charge in [-0.2, -0.15) is 0 Å². The maximum absolute atomic E-state index is 12.5. The smallest absolute Gasteiger partial charge is 0.223 e. The largest absolute Gasteiger partial charge is 0.388 e. The Kier molecular flexibility index (Phi) is 5.11. The molecule has 2 fully saturated rings. The summed E-state index contributed by atoms with van der Waals surface area (Å²) in [6.07, 6.45) is 10.8. The van der Waals surface area contributed by atoms with Gasteiger partial charge >= 0.3 is 0 Å². The van der Waals surface area contributed by atoms with E-state index >= 15 is 0 Å². The molecule has 3 nitrogen and oxygen atoms in total. The Morgan fingerprint density at radius 2 is 1.65 bits per heavy atom. The molecule has 0 heterocycles. The Morgan fingerprint density at radius 1 is 1.05 bits per heavy atom. The molecular weight excluding hydrogens is 250 g/mol. The van der Waals surface area contributed by atoms with Crippen LogP contribution in [0.25, 0.3) is 0 Å². The molecule has 0 saturated heterocycles. The van der Waals surface area contributed by atoms with Gasteiger partial charge in [0.05, 0.1) is 5.60 Å². The van der Waals surface area contributed by atoms with E-state index in [1.807, 2.05) is 0 Å². The van der Waals surface area contributed by atoms with Crippen LogP contribution in [0.3, 0.4) is 0 Å². The summed E-state index contributed by atoms with van der Waals surface area (Å²) in [5, 5.41) is 13.7. The fourth-order valence-corrected chi connectivity index (χ4v) is 3.92. The molecule has 0 bridgehead atoms. The summed E-state index contributed by atoms with van der Waals surface area (Å²) < 4.78 is 0. The molecule has 0 aromatic rings. The minimum Gasteiger partial charge on any atom is -0.388 e. The Labute approximate surface area is 123 Å². The van der Waals surface area contributed by atoms with Crippen LogP contribution in [0.4, 0.5) is 0 Å². The van der Waals surface area contributed by atoms with Crippen molar-refractivity contribution in [3.63, 3.8) is 0 Å². The van der Waals surface area contributed by atoms with Gasteiger partial charge in [0.25, 0.3) is 0 Å². The van der Waals surface area contributed by atoms with Crippen molar-refractivity contribution in [3.05, 3.63) is 0 Å². The van der Waals surface area contributed by atoms with Gasteiger partial charge in [-0.3, -0.25) is 4.79 Å². The number of rotatable bonds is 3. The first-order valence-corrected chi connectivity index (χ1v) is 8.43. The van der Waals surface area contributed by atoms with Gasteiger partial charge in [0.2, 0.25) is 5.91 Å². The molecule has 20 heavy (non-hydrogen) atoms. The first-order valence-electron chi connectivity index (χ1n) is 8.43. The molecule has 0 aliphatic heterocycles. The average Bonchev–Trinajstić information content (AvgIpc) is 2.61. The number of hydrogen-bond donors (Lipinski definition) is 2. The van der Waals surface area contributed by atoms with Crippen LogP contribution < -0.4 is 5.32 Å². The lowest BCUT2D eigenvalue weighted by Crippen LogP contribution is -2.47.